The van der Waals surface area contributed by atoms with Gasteiger partial charge in [-0.3, -0.25) is 4.79 Å². The van der Waals surface area contributed by atoms with Crippen molar-refractivity contribution in [2.75, 3.05) is 5.33 Å². The Balaban J connectivity index is 2.79. The van der Waals surface area contributed by atoms with Gasteiger partial charge in [0, 0.05) is 6.42 Å². The number of Topliss-reactive ketones (excluding diaryl/α,β-unsaturated/α-hetero) is 1. The Morgan fingerprint density at radius 2 is 2.23 bits per heavy atom. The molecule has 1 rings (SSSR count). The van der Waals surface area contributed by atoms with Crippen LogP contribution in [0, 0.1) is 6.92 Å². The highest BCUT2D eigenvalue weighted by Gasteiger charge is 2.03. The van der Waals surface area contributed by atoms with Gasteiger partial charge in [0.25, 0.3) is 0 Å². The highest BCUT2D eigenvalue weighted by atomic mass is 79.9. The van der Waals surface area contributed by atoms with Crippen LogP contribution in [0.3, 0.4) is 0 Å². The van der Waals surface area contributed by atoms with Crippen LogP contribution >= 0.6 is 15.9 Å². The molecule has 0 bridgehead atoms. The third-order valence-electron chi connectivity index (χ3n) is 1.82. The second-order valence-corrected chi connectivity index (χ2v) is 3.53. The number of aryl methyl sites for hydroxylation is 1. The number of carbonyl (C=O) groups is 1. The summed E-state index contributed by atoms with van der Waals surface area (Å²) in [4.78, 5) is 11.0. The summed E-state index contributed by atoms with van der Waals surface area (Å²) in [5.74, 6) is 0.364. The van der Waals surface area contributed by atoms with Crippen LogP contribution in [0.1, 0.15) is 11.1 Å². The number of hydrogen-bond acceptors (Lipinski definition) is 2. The Labute approximate surface area is 85.7 Å². The Hall–Kier alpha value is -0.830. The molecule has 0 aliphatic rings. The number of carbonyl (C=O) groups excluding carboxylic acids is 1. The van der Waals surface area contributed by atoms with Crippen LogP contribution in [0.4, 0.5) is 0 Å². The van der Waals surface area contributed by atoms with Gasteiger partial charge in [0.1, 0.15) is 11.5 Å². The van der Waals surface area contributed by atoms with Crippen molar-refractivity contribution in [2.24, 2.45) is 0 Å². The molecule has 3 heteroatoms. The number of rotatable bonds is 3. The van der Waals surface area contributed by atoms with E-state index >= 15 is 0 Å². The van der Waals surface area contributed by atoms with Crippen LogP contribution in [0.25, 0.3) is 0 Å². The molecule has 0 fully saturated rings. The molecule has 0 aromatic heterocycles. The van der Waals surface area contributed by atoms with Gasteiger partial charge in [0.05, 0.1) is 5.33 Å². The first kappa shape index (κ1) is 10.3. The van der Waals surface area contributed by atoms with Gasteiger partial charge in [-0.05, 0) is 24.1 Å². The summed E-state index contributed by atoms with van der Waals surface area (Å²) < 4.78 is 0. The highest BCUT2D eigenvalue weighted by Crippen LogP contribution is 2.17. The molecule has 0 heterocycles. The summed E-state index contributed by atoms with van der Waals surface area (Å²) >= 11 is 3.09. The number of benzene rings is 1. The van der Waals surface area contributed by atoms with E-state index in [2.05, 4.69) is 15.9 Å². The summed E-state index contributed by atoms with van der Waals surface area (Å²) in [7, 11) is 0. The minimum Gasteiger partial charge on any atom is -0.508 e. The number of phenols is 1. The van der Waals surface area contributed by atoms with E-state index in [4.69, 9.17) is 0 Å². The average Bonchev–Trinajstić information content (AvgIpc) is 2.11. The van der Waals surface area contributed by atoms with E-state index < -0.39 is 0 Å². The van der Waals surface area contributed by atoms with E-state index in [1.54, 1.807) is 6.07 Å². The van der Waals surface area contributed by atoms with Gasteiger partial charge in [0.15, 0.2) is 0 Å². The molecule has 13 heavy (non-hydrogen) atoms. The van der Waals surface area contributed by atoms with Gasteiger partial charge >= 0.3 is 0 Å². The van der Waals surface area contributed by atoms with Gasteiger partial charge in [-0.1, -0.05) is 28.1 Å². The zero-order valence-corrected chi connectivity index (χ0v) is 8.97. The predicted octanol–water partition coefficient (Wildman–Crippen LogP) is 2.21. The van der Waals surface area contributed by atoms with Gasteiger partial charge in [-0.2, -0.15) is 0 Å². The first-order valence-electron chi connectivity index (χ1n) is 3.99. The fraction of sp³-hybridized carbons (Fsp3) is 0.300. The Morgan fingerprint density at radius 3 is 2.77 bits per heavy atom. The first-order valence-corrected chi connectivity index (χ1v) is 5.12. The minimum absolute atomic E-state index is 0.114. The number of halogens is 1. The molecule has 1 aromatic carbocycles. The van der Waals surface area contributed by atoms with Crippen LogP contribution < -0.4 is 0 Å². The lowest BCUT2D eigenvalue weighted by atomic mass is 10.1. The van der Waals surface area contributed by atoms with Gasteiger partial charge in [-0.15, -0.1) is 0 Å². The fourth-order valence-electron chi connectivity index (χ4n) is 1.04. The monoisotopic (exact) mass is 242 g/mol. The van der Waals surface area contributed by atoms with Crippen molar-refractivity contribution in [2.45, 2.75) is 13.3 Å². The van der Waals surface area contributed by atoms with E-state index in [-0.39, 0.29) is 11.5 Å². The normalized spacial score (nSPS) is 10.0. The van der Waals surface area contributed by atoms with Gasteiger partial charge in [-0.25, -0.2) is 0 Å². The zero-order valence-electron chi connectivity index (χ0n) is 7.38. The highest BCUT2D eigenvalue weighted by molar-refractivity contribution is 9.09. The van der Waals surface area contributed by atoms with Crippen molar-refractivity contribution in [3.8, 4) is 5.75 Å². The number of ketones is 1. The fourth-order valence-corrected chi connectivity index (χ4v) is 1.24. The summed E-state index contributed by atoms with van der Waals surface area (Å²) in [6.07, 6.45) is 0.374. The zero-order chi connectivity index (χ0) is 9.84. The van der Waals surface area contributed by atoms with Crippen molar-refractivity contribution >= 4 is 21.7 Å². The summed E-state index contributed by atoms with van der Waals surface area (Å²) in [5.41, 5.74) is 1.68. The van der Waals surface area contributed by atoms with E-state index in [1.807, 2.05) is 19.1 Å². The molecular weight excluding hydrogens is 232 g/mol. The standard InChI is InChI=1S/C10H11BrO2/c1-7-2-3-8(5-10(7)13)4-9(12)6-11/h2-3,5,13H,4,6H2,1H3. The topological polar surface area (TPSA) is 37.3 Å². The molecule has 0 saturated heterocycles. The van der Waals surface area contributed by atoms with Crippen LogP contribution in [-0.2, 0) is 11.2 Å². The Kier molecular flexibility index (Phi) is 3.48. The maximum atomic E-state index is 11.0. The van der Waals surface area contributed by atoms with Crippen molar-refractivity contribution in [1.82, 2.24) is 0 Å². The lowest BCUT2D eigenvalue weighted by Crippen LogP contribution is -2.03. The molecule has 2 nitrogen and oxygen atoms in total. The maximum absolute atomic E-state index is 11.0. The smallest absolute Gasteiger partial charge is 0.147 e. The number of phenolic OH excluding ortho intramolecular Hbond substituents is 1. The second kappa shape index (κ2) is 4.42. The van der Waals surface area contributed by atoms with Crippen LogP contribution in [0.5, 0.6) is 5.75 Å². The summed E-state index contributed by atoms with van der Waals surface area (Å²) in [5, 5.41) is 9.73. The van der Waals surface area contributed by atoms with Gasteiger partial charge in [0.2, 0.25) is 0 Å². The van der Waals surface area contributed by atoms with Crippen LogP contribution in [0.15, 0.2) is 18.2 Å². The lowest BCUT2D eigenvalue weighted by molar-refractivity contribution is -0.115. The summed E-state index contributed by atoms with van der Waals surface area (Å²) in [6.45, 7) is 1.82. The third-order valence-corrected chi connectivity index (χ3v) is 2.45. The molecule has 1 aromatic rings. The molecule has 0 aliphatic carbocycles. The molecule has 0 amide bonds. The molecule has 0 radical (unpaired) electrons. The van der Waals surface area contributed by atoms with Crippen LogP contribution in [0.2, 0.25) is 0 Å². The number of alkyl halides is 1. The van der Waals surface area contributed by atoms with Crippen molar-refractivity contribution < 1.29 is 9.90 Å². The maximum Gasteiger partial charge on any atom is 0.147 e. The predicted molar refractivity (Wildman–Crippen MR) is 55.3 cm³/mol. The molecule has 0 aliphatic heterocycles. The van der Waals surface area contributed by atoms with Gasteiger partial charge < -0.3 is 5.11 Å². The van der Waals surface area contributed by atoms with Crippen molar-refractivity contribution in [3.63, 3.8) is 0 Å². The van der Waals surface area contributed by atoms with E-state index in [0.717, 1.165) is 11.1 Å². The number of aromatic hydroxyl groups is 1. The molecule has 1 N–H and O–H groups in total. The summed E-state index contributed by atoms with van der Waals surface area (Å²) in [6, 6.07) is 5.30. The van der Waals surface area contributed by atoms with Crippen LogP contribution in [-0.4, -0.2) is 16.2 Å². The number of hydrogen-bond donors (Lipinski definition) is 1. The molecular formula is C10H11BrO2. The average molecular weight is 243 g/mol. The van der Waals surface area contributed by atoms with Crippen molar-refractivity contribution in [1.29, 1.82) is 0 Å². The molecule has 0 atom stereocenters. The Morgan fingerprint density at radius 1 is 1.54 bits per heavy atom. The second-order valence-electron chi connectivity index (χ2n) is 2.97. The van der Waals surface area contributed by atoms with E-state index in [9.17, 15) is 9.90 Å². The molecule has 0 unspecified atom stereocenters. The largest absolute Gasteiger partial charge is 0.508 e. The quantitative estimate of drug-likeness (QED) is 0.826. The lowest BCUT2D eigenvalue weighted by Gasteiger charge is -2.02. The Bertz CT molecular complexity index is 321. The molecule has 0 spiro atoms. The third kappa shape index (κ3) is 2.84. The SMILES string of the molecule is Cc1ccc(CC(=O)CBr)cc1O. The first-order chi connectivity index (χ1) is 6.13. The van der Waals surface area contributed by atoms with Crippen molar-refractivity contribution in [3.05, 3.63) is 29.3 Å². The van der Waals surface area contributed by atoms with E-state index in [1.165, 1.54) is 0 Å². The molecule has 70 valence electrons. The minimum atomic E-state index is 0.114. The molecule has 0 saturated carbocycles. The van der Waals surface area contributed by atoms with E-state index in [0.29, 0.717) is 11.8 Å².